The maximum absolute atomic E-state index is 4.11. The quantitative estimate of drug-likeness (QED) is 0.838. The van der Waals surface area contributed by atoms with Crippen molar-refractivity contribution in [1.82, 2.24) is 15.2 Å². The number of hydrogen-bond acceptors (Lipinski definition) is 3. The molecule has 92 valence electrons. The molecular weight excluding hydrogens is 210 g/mol. The van der Waals surface area contributed by atoms with E-state index in [1.165, 1.54) is 37.9 Å². The van der Waals surface area contributed by atoms with Crippen LogP contribution in [0.1, 0.15) is 30.7 Å². The smallest absolute Gasteiger partial charge is 0.0270 e. The molecule has 2 unspecified atom stereocenters. The summed E-state index contributed by atoms with van der Waals surface area (Å²) < 4.78 is 0. The summed E-state index contributed by atoms with van der Waals surface area (Å²) in [6, 6.07) is 5.19. The van der Waals surface area contributed by atoms with E-state index in [9.17, 15) is 0 Å². The van der Waals surface area contributed by atoms with Gasteiger partial charge in [0.25, 0.3) is 0 Å². The molecular formula is C14H21N3. The highest BCUT2D eigenvalue weighted by Gasteiger charge is 2.30. The predicted molar refractivity (Wildman–Crippen MR) is 69.1 cm³/mol. The number of aromatic nitrogens is 1. The van der Waals surface area contributed by atoms with E-state index in [1.54, 1.807) is 0 Å². The van der Waals surface area contributed by atoms with Gasteiger partial charge in [0.1, 0.15) is 0 Å². The van der Waals surface area contributed by atoms with Gasteiger partial charge in [0, 0.05) is 44.6 Å². The van der Waals surface area contributed by atoms with Crippen molar-refractivity contribution in [3.63, 3.8) is 0 Å². The second-order valence-corrected chi connectivity index (χ2v) is 5.23. The molecule has 2 atom stereocenters. The van der Waals surface area contributed by atoms with Gasteiger partial charge >= 0.3 is 0 Å². The van der Waals surface area contributed by atoms with E-state index in [2.05, 4.69) is 27.3 Å². The van der Waals surface area contributed by atoms with Crippen LogP contribution < -0.4 is 5.32 Å². The van der Waals surface area contributed by atoms with Gasteiger partial charge in [0.05, 0.1) is 0 Å². The first-order chi connectivity index (χ1) is 8.43. The fourth-order valence-corrected chi connectivity index (χ4v) is 3.27. The first-order valence-corrected chi connectivity index (χ1v) is 6.78. The lowest BCUT2D eigenvalue weighted by atomic mass is 9.98. The molecule has 0 amide bonds. The van der Waals surface area contributed by atoms with Gasteiger partial charge in [-0.15, -0.1) is 0 Å². The van der Waals surface area contributed by atoms with Crippen LogP contribution >= 0.6 is 0 Å². The Morgan fingerprint density at radius 1 is 1.12 bits per heavy atom. The number of nitrogens with zero attached hydrogens (tertiary/aromatic N) is 2. The van der Waals surface area contributed by atoms with Crippen LogP contribution in [0.3, 0.4) is 0 Å². The Bertz CT molecular complexity index is 346. The van der Waals surface area contributed by atoms with Crippen LogP contribution in [0.5, 0.6) is 0 Å². The Morgan fingerprint density at radius 2 is 1.88 bits per heavy atom. The normalized spacial score (nSPS) is 30.6. The molecule has 0 spiro atoms. The maximum Gasteiger partial charge on any atom is 0.0270 e. The lowest BCUT2D eigenvalue weighted by Gasteiger charge is -2.32. The van der Waals surface area contributed by atoms with Gasteiger partial charge in [-0.1, -0.05) is 0 Å². The van der Waals surface area contributed by atoms with Gasteiger partial charge in [-0.2, -0.15) is 0 Å². The molecule has 1 aliphatic carbocycles. The molecule has 1 saturated carbocycles. The summed E-state index contributed by atoms with van der Waals surface area (Å²) in [4.78, 5) is 6.79. The van der Waals surface area contributed by atoms with Gasteiger partial charge < -0.3 is 5.32 Å². The molecule has 0 aromatic carbocycles. The molecule has 0 bridgehead atoms. The summed E-state index contributed by atoms with van der Waals surface area (Å²) in [5.41, 5.74) is 1.48. The molecule has 17 heavy (non-hydrogen) atoms. The second kappa shape index (κ2) is 5.15. The third kappa shape index (κ3) is 2.50. The lowest BCUT2D eigenvalue weighted by Crippen LogP contribution is -2.47. The molecule has 1 aliphatic heterocycles. The van der Waals surface area contributed by atoms with Gasteiger partial charge in [-0.25, -0.2) is 0 Å². The third-order valence-corrected chi connectivity index (χ3v) is 4.25. The maximum atomic E-state index is 4.11. The van der Waals surface area contributed by atoms with Crippen molar-refractivity contribution in [2.45, 2.75) is 31.2 Å². The van der Waals surface area contributed by atoms with Crippen molar-refractivity contribution in [1.29, 1.82) is 0 Å². The van der Waals surface area contributed by atoms with Crippen molar-refractivity contribution in [3.05, 3.63) is 30.1 Å². The Morgan fingerprint density at radius 3 is 2.65 bits per heavy atom. The zero-order valence-electron chi connectivity index (χ0n) is 10.3. The number of pyridine rings is 1. The minimum absolute atomic E-state index is 0.762. The number of hydrogen-bond donors (Lipinski definition) is 1. The number of nitrogens with one attached hydrogen (secondary N) is 1. The number of rotatable bonds is 2. The monoisotopic (exact) mass is 231 g/mol. The molecule has 1 aromatic heterocycles. The zero-order chi connectivity index (χ0) is 11.5. The summed E-state index contributed by atoms with van der Waals surface area (Å²) in [7, 11) is 0. The van der Waals surface area contributed by atoms with Crippen molar-refractivity contribution in [2.75, 3.05) is 26.2 Å². The van der Waals surface area contributed by atoms with Crippen molar-refractivity contribution >= 4 is 0 Å². The minimum Gasteiger partial charge on any atom is -0.314 e. The first kappa shape index (κ1) is 11.2. The van der Waals surface area contributed by atoms with Crippen molar-refractivity contribution in [2.24, 2.45) is 0 Å². The zero-order valence-corrected chi connectivity index (χ0v) is 10.3. The second-order valence-electron chi connectivity index (χ2n) is 5.23. The Balaban J connectivity index is 1.61. The van der Waals surface area contributed by atoms with Gasteiger partial charge in [-0.05, 0) is 42.9 Å². The van der Waals surface area contributed by atoms with Crippen LogP contribution in [0.25, 0.3) is 0 Å². The topological polar surface area (TPSA) is 28.2 Å². The molecule has 2 aliphatic rings. The van der Waals surface area contributed by atoms with Gasteiger partial charge in [0.2, 0.25) is 0 Å². The minimum atomic E-state index is 0.762. The van der Waals surface area contributed by atoms with Crippen LogP contribution in [-0.2, 0) is 0 Å². The van der Waals surface area contributed by atoms with E-state index in [0.29, 0.717) is 0 Å². The molecule has 1 saturated heterocycles. The third-order valence-electron chi connectivity index (χ3n) is 4.25. The Labute approximate surface area is 103 Å². The highest BCUT2D eigenvalue weighted by molar-refractivity contribution is 5.17. The highest BCUT2D eigenvalue weighted by atomic mass is 15.2. The Kier molecular flexibility index (Phi) is 3.39. The summed E-state index contributed by atoms with van der Waals surface area (Å²) in [5, 5.41) is 3.43. The summed E-state index contributed by atoms with van der Waals surface area (Å²) in [5.74, 6) is 0.762. The van der Waals surface area contributed by atoms with E-state index in [4.69, 9.17) is 0 Å². The van der Waals surface area contributed by atoms with Crippen LogP contribution in [0, 0.1) is 0 Å². The average Bonchev–Trinajstić information content (AvgIpc) is 2.90. The van der Waals surface area contributed by atoms with E-state index in [1.807, 2.05) is 12.4 Å². The largest absolute Gasteiger partial charge is 0.314 e. The van der Waals surface area contributed by atoms with Crippen molar-refractivity contribution in [3.8, 4) is 0 Å². The molecule has 2 fully saturated rings. The molecule has 1 N–H and O–H groups in total. The van der Waals surface area contributed by atoms with E-state index >= 15 is 0 Å². The van der Waals surface area contributed by atoms with Crippen LogP contribution in [-0.4, -0.2) is 42.1 Å². The first-order valence-electron chi connectivity index (χ1n) is 6.78. The predicted octanol–water partition coefficient (Wildman–Crippen LogP) is 1.62. The molecule has 3 rings (SSSR count). The molecule has 3 heteroatoms. The van der Waals surface area contributed by atoms with E-state index in [0.717, 1.165) is 25.0 Å². The van der Waals surface area contributed by atoms with Crippen LogP contribution in [0.4, 0.5) is 0 Å². The summed E-state index contributed by atoms with van der Waals surface area (Å²) in [6.45, 7) is 4.79. The van der Waals surface area contributed by atoms with E-state index in [-0.39, 0.29) is 0 Å². The lowest BCUT2D eigenvalue weighted by molar-refractivity contribution is 0.174. The van der Waals surface area contributed by atoms with Crippen LogP contribution in [0.2, 0.25) is 0 Å². The fourth-order valence-electron chi connectivity index (χ4n) is 3.27. The Hall–Kier alpha value is -0.930. The highest BCUT2D eigenvalue weighted by Crippen LogP contribution is 2.36. The average molecular weight is 231 g/mol. The summed E-state index contributed by atoms with van der Waals surface area (Å²) in [6.07, 6.45) is 7.90. The molecule has 3 nitrogen and oxygen atoms in total. The standard InChI is InChI=1S/C14H21N3/c1-2-14(17-9-7-16-8-10-17)11-13(1)12-3-5-15-6-4-12/h3-6,13-14,16H,1-2,7-11H2. The SMILES string of the molecule is c1cc(C2CCC(N3CCNCC3)C2)ccn1. The molecule has 2 heterocycles. The number of piperazine rings is 1. The van der Waals surface area contributed by atoms with E-state index < -0.39 is 0 Å². The molecule has 0 radical (unpaired) electrons. The van der Waals surface area contributed by atoms with Crippen LogP contribution in [0.15, 0.2) is 24.5 Å². The summed E-state index contributed by atoms with van der Waals surface area (Å²) >= 11 is 0. The van der Waals surface area contributed by atoms with Gasteiger partial charge in [-0.3, -0.25) is 9.88 Å². The van der Waals surface area contributed by atoms with Crippen molar-refractivity contribution < 1.29 is 0 Å². The molecule has 1 aromatic rings. The fraction of sp³-hybridized carbons (Fsp3) is 0.643. The van der Waals surface area contributed by atoms with Gasteiger partial charge in [0.15, 0.2) is 0 Å².